The Bertz CT molecular complexity index is 564. The molecule has 0 spiro atoms. The Labute approximate surface area is 126 Å². The number of hydrogen-bond donors (Lipinski definition) is 1. The highest BCUT2D eigenvalue weighted by molar-refractivity contribution is 5.42. The van der Waals surface area contributed by atoms with Crippen LogP contribution in [0.1, 0.15) is 16.7 Å². The van der Waals surface area contributed by atoms with E-state index in [1.807, 2.05) is 12.1 Å². The Balaban J connectivity index is 1.82. The summed E-state index contributed by atoms with van der Waals surface area (Å²) in [5.41, 5.74) is 3.86. The summed E-state index contributed by atoms with van der Waals surface area (Å²) in [6.07, 6.45) is 1.04. The number of rotatable bonds is 7. The van der Waals surface area contributed by atoms with Gasteiger partial charge in [-0.1, -0.05) is 35.9 Å². The van der Waals surface area contributed by atoms with E-state index in [0.29, 0.717) is 0 Å². The zero-order chi connectivity index (χ0) is 15.1. The van der Waals surface area contributed by atoms with Gasteiger partial charge < -0.3 is 14.8 Å². The summed E-state index contributed by atoms with van der Waals surface area (Å²) in [6, 6.07) is 14.7. The van der Waals surface area contributed by atoms with Crippen molar-refractivity contribution in [2.45, 2.75) is 19.9 Å². The van der Waals surface area contributed by atoms with Crippen LogP contribution < -0.4 is 14.8 Å². The number of aryl methyl sites for hydroxylation is 1. The molecule has 21 heavy (non-hydrogen) atoms. The van der Waals surface area contributed by atoms with Gasteiger partial charge in [-0.15, -0.1) is 0 Å². The van der Waals surface area contributed by atoms with Crippen molar-refractivity contribution in [3.8, 4) is 11.5 Å². The molecule has 2 aromatic carbocycles. The first kappa shape index (κ1) is 15.4. The normalized spacial score (nSPS) is 10.4. The van der Waals surface area contributed by atoms with E-state index in [4.69, 9.17) is 9.47 Å². The summed E-state index contributed by atoms with van der Waals surface area (Å²) in [5, 5.41) is 3.46. The van der Waals surface area contributed by atoms with E-state index < -0.39 is 0 Å². The van der Waals surface area contributed by atoms with Gasteiger partial charge in [-0.05, 0) is 43.1 Å². The molecule has 0 amide bonds. The molecule has 1 N–H and O–H groups in total. The average Bonchev–Trinajstić information content (AvgIpc) is 2.53. The maximum absolute atomic E-state index is 5.31. The van der Waals surface area contributed by atoms with Crippen molar-refractivity contribution in [1.82, 2.24) is 5.32 Å². The molecule has 0 unspecified atom stereocenters. The third-order valence-electron chi connectivity index (χ3n) is 3.49. The minimum Gasteiger partial charge on any atom is -0.493 e. The Morgan fingerprint density at radius 3 is 2.19 bits per heavy atom. The van der Waals surface area contributed by atoms with Crippen molar-refractivity contribution >= 4 is 0 Å². The number of hydrogen-bond acceptors (Lipinski definition) is 3. The smallest absolute Gasteiger partial charge is 0.161 e. The summed E-state index contributed by atoms with van der Waals surface area (Å²) >= 11 is 0. The van der Waals surface area contributed by atoms with Crippen molar-refractivity contribution in [1.29, 1.82) is 0 Å². The molecule has 0 heterocycles. The molecule has 0 atom stereocenters. The van der Waals surface area contributed by atoms with Crippen molar-refractivity contribution < 1.29 is 9.47 Å². The highest BCUT2D eigenvalue weighted by atomic mass is 16.5. The molecule has 0 aliphatic heterocycles. The maximum atomic E-state index is 5.31. The van der Waals surface area contributed by atoms with Gasteiger partial charge in [-0.3, -0.25) is 0 Å². The van der Waals surface area contributed by atoms with Gasteiger partial charge in [0.15, 0.2) is 11.5 Å². The van der Waals surface area contributed by atoms with E-state index in [9.17, 15) is 0 Å². The fraction of sp³-hybridized carbons (Fsp3) is 0.333. The SMILES string of the molecule is COc1ccc(CNCCc2ccc(C)cc2)cc1OC. The molecule has 0 fully saturated rings. The second-order valence-electron chi connectivity index (χ2n) is 5.10. The molecule has 2 aromatic rings. The number of ether oxygens (including phenoxy) is 2. The molecule has 0 saturated heterocycles. The summed E-state index contributed by atoms with van der Waals surface area (Å²) in [7, 11) is 3.31. The van der Waals surface area contributed by atoms with Crippen molar-refractivity contribution in [2.24, 2.45) is 0 Å². The summed E-state index contributed by atoms with van der Waals surface area (Å²) < 4.78 is 10.5. The summed E-state index contributed by atoms with van der Waals surface area (Å²) in [6.45, 7) is 3.89. The fourth-order valence-electron chi connectivity index (χ4n) is 2.21. The predicted octanol–water partition coefficient (Wildman–Crippen LogP) is 3.34. The lowest BCUT2D eigenvalue weighted by Crippen LogP contribution is -2.16. The Hall–Kier alpha value is -2.00. The van der Waals surface area contributed by atoms with Crippen molar-refractivity contribution in [2.75, 3.05) is 20.8 Å². The van der Waals surface area contributed by atoms with Gasteiger partial charge in [-0.25, -0.2) is 0 Å². The number of nitrogens with one attached hydrogen (secondary N) is 1. The topological polar surface area (TPSA) is 30.5 Å². The molecule has 0 aliphatic carbocycles. The molecule has 0 bridgehead atoms. The van der Waals surface area contributed by atoms with E-state index in [0.717, 1.165) is 31.0 Å². The Morgan fingerprint density at radius 2 is 1.52 bits per heavy atom. The molecule has 3 nitrogen and oxygen atoms in total. The maximum Gasteiger partial charge on any atom is 0.161 e. The standard InChI is InChI=1S/C18H23NO2/c1-14-4-6-15(7-5-14)10-11-19-13-16-8-9-17(20-2)18(12-16)21-3/h4-9,12,19H,10-11,13H2,1-3H3. The average molecular weight is 285 g/mol. The van der Waals surface area contributed by atoms with Gasteiger partial charge in [0.1, 0.15) is 0 Å². The van der Waals surface area contributed by atoms with Gasteiger partial charge in [-0.2, -0.15) is 0 Å². The first-order valence-corrected chi connectivity index (χ1v) is 7.20. The summed E-state index contributed by atoms with van der Waals surface area (Å²) in [5.74, 6) is 1.54. The van der Waals surface area contributed by atoms with Crippen LogP contribution in [0.15, 0.2) is 42.5 Å². The van der Waals surface area contributed by atoms with E-state index in [2.05, 4.69) is 42.6 Å². The van der Waals surface area contributed by atoms with Crippen LogP contribution in [0, 0.1) is 6.92 Å². The highest BCUT2D eigenvalue weighted by Gasteiger charge is 2.04. The molecular formula is C18H23NO2. The second kappa shape index (κ2) is 7.70. The first-order chi connectivity index (χ1) is 10.2. The molecular weight excluding hydrogens is 262 g/mol. The molecule has 0 aromatic heterocycles. The predicted molar refractivity (Wildman–Crippen MR) is 86.1 cm³/mol. The Kier molecular flexibility index (Phi) is 5.64. The number of benzene rings is 2. The molecule has 3 heteroatoms. The van der Waals surface area contributed by atoms with Crippen LogP contribution >= 0.6 is 0 Å². The zero-order valence-corrected chi connectivity index (χ0v) is 13.0. The van der Waals surface area contributed by atoms with Crippen LogP contribution in [-0.2, 0) is 13.0 Å². The van der Waals surface area contributed by atoms with Gasteiger partial charge in [0, 0.05) is 6.54 Å². The molecule has 112 valence electrons. The van der Waals surface area contributed by atoms with E-state index in [-0.39, 0.29) is 0 Å². The molecule has 0 aliphatic rings. The number of methoxy groups -OCH3 is 2. The highest BCUT2D eigenvalue weighted by Crippen LogP contribution is 2.27. The van der Waals surface area contributed by atoms with E-state index in [1.165, 1.54) is 16.7 Å². The summed E-state index contributed by atoms with van der Waals surface area (Å²) in [4.78, 5) is 0. The van der Waals surface area contributed by atoms with E-state index in [1.54, 1.807) is 14.2 Å². The third kappa shape index (κ3) is 4.50. The monoisotopic (exact) mass is 285 g/mol. The lowest BCUT2D eigenvalue weighted by Gasteiger charge is -2.10. The van der Waals surface area contributed by atoms with Crippen LogP contribution in [0.4, 0.5) is 0 Å². The molecule has 0 radical (unpaired) electrons. The second-order valence-corrected chi connectivity index (χ2v) is 5.10. The van der Waals surface area contributed by atoms with Gasteiger partial charge in [0.2, 0.25) is 0 Å². The zero-order valence-electron chi connectivity index (χ0n) is 13.0. The molecule has 2 rings (SSSR count). The molecule has 0 saturated carbocycles. The van der Waals surface area contributed by atoms with E-state index >= 15 is 0 Å². The minimum atomic E-state index is 0.765. The van der Waals surface area contributed by atoms with Crippen LogP contribution in [0.3, 0.4) is 0 Å². The van der Waals surface area contributed by atoms with Gasteiger partial charge >= 0.3 is 0 Å². The quantitative estimate of drug-likeness (QED) is 0.791. The van der Waals surface area contributed by atoms with Crippen LogP contribution in [0.25, 0.3) is 0 Å². The fourth-order valence-corrected chi connectivity index (χ4v) is 2.21. The largest absolute Gasteiger partial charge is 0.493 e. The minimum absolute atomic E-state index is 0.765. The van der Waals surface area contributed by atoms with Gasteiger partial charge in [0.25, 0.3) is 0 Å². The van der Waals surface area contributed by atoms with Crippen LogP contribution in [-0.4, -0.2) is 20.8 Å². The van der Waals surface area contributed by atoms with Crippen LogP contribution in [0.2, 0.25) is 0 Å². The first-order valence-electron chi connectivity index (χ1n) is 7.20. The van der Waals surface area contributed by atoms with Crippen molar-refractivity contribution in [3.05, 3.63) is 59.2 Å². The lowest BCUT2D eigenvalue weighted by molar-refractivity contribution is 0.354. The lowest BCUT2D eigenvalue weighted by atomic mass is 10.1. The Morgan fingerprint density at radius 1 is 0.857 bits per heavy atom. The van der Waals surface area contributed by atoms with Crippen molar-refractivity contribution in [3.63, 3.8) is 0 Å². The van der Waals surface area contributed by atoms with Gasteiger partial charge in [0.05, 0.1) is 14.2 Å². The third-order valence-corrected chi connectivity index (χ3v) is 3.49. The van der Waals surface area contributed by atoms with Crippen LogP contribution in [0.5, 0.6) is 11.5 Å².